The van der Waals surface area contributed by atoms with Crippen LogP contribution in [0, 0.1) is 0 Å². The molecule has 0 aliphatic rings. The van der Waals surface area contributed by atoms with E-state index in [0.29, 0.717) is 0 Å². The van der Waals surface area contributed by atoms with Crippen molar-refractivity contribution in [2.45, 2.75) is 0 Å². The molecule has 0 saturated heterocycles. The first kappa shape index (κ1) is 12.7. The van der Waals surface area contributed by atoms with Gasteiger partial charge in [0.2, 0.25) is 0 Å². The maximum atomic E-state index is 4.39. The van der Waals surface area contributed by atoms with E-state index in [9.17, 15) is 0 Å². The van der Waals surface area contributed by atoms with Crippen LogP contribution >= 0.6 is 0 Å². The van der Waals surface area contributed by atoms with Crippen LogP contribution in [0.2, 0.25) is 0 Å². The lowest BCUT2D eigenvalue weighted by Gasteiger charge is -2.09. The van der Waals surface area contributed by atoms with Gasteiger partial charge in [0.15, 0.2) is 5.82 Å². The lowest BCUT2D eigenvalue weighted by atomic mass is 9.97. The van der Waals surface area contributed by atoms with Crippen molar-refractivity contribution < 1.29 is 0 Å². The molecule has 2 nitrogen and oxygen atoms in total. The zero-order chi connectivity index (χ0) is 14.8. The number of nitrogens with zero attached hydrogens (tertiary/aromatic N) is 2. The summed E-state index contributed by atoms with van der Waals surface area (Å²) in [5, 5.41) is 2.49. The van der Waals surface area contributed by atoms with Gasteiger partial charge in [-0.15, -0.1) is 0 Å². The standard InChI is InChI=1S/C20H14N2/c1-2-7-16-14-17(11-10-15(16)6-1)18-8-3-4-9-19(18)20-21-12-5-13-22-20/h1-14H. The molecule has 0 amide bonds. The number of fused-ring (bicyclic) bond motifs is 1. The Morgan fingerprint density at radius 2 is 1.23 bits per heavy atom. The highest BCUT2D eigenvalue weighted by molar-refractivity contribution is 5.90. The van der Waals surface area contributed by atoms with E-state index in [1.54, 1.807) is 12.4 Å². The summed E-state index contributed by atoms with van der Waals surface area (Å²) in [6.07, 6.45) is 3.55. The smallest absolute Gasteiger partial charge is 0.159 e. The Labute approximate surface area is 129 Å². The minimum atomic E-state index is 0.756. The fourth-order valence-corrected chi connectivity index (χ4v) is 2.72. The Kier molecular flexibility index (Phi) is 3.13. The first-order chi connectivity index (χ1) is 10.9. The van der Waals surface area contributed by atoms with Crippen molar-refractivity contribution in [3.05, 3.63) is 85.2 Å². The third-order valence-corrected chi connectivity index (χ3v) is 3.79. The van der Waals surface area contributed by atoms with Crippen LogP contribution in [0.25, 0.3) is 33.3 Å². The van der Waals surface area contributed by atoms with Gasteiger partial charge in [-0.25, -0.2) is 9.97 Å². The number of hydrogen-bond donors (Lipinski definition) is 0. The Bertz CT molecular complexity index is 930. The van der Waals surface area contributed by atoms with Gasteiger partial charge < -0.3 is 0 Å². The van der Waals surface area contributed by atoms with E-state index in [0.717, 1.165) is 17.0 Å². The predicted octanol–water partition coefficient (Wildman–Crippen LogP) is 4.96. The fourth-order valence-electron chi connectivity index (χ4n) is 2.72. The molecule has 0 fully saturated rings. The quantitative estimate of drug-likeness (QED) is 0.519. The molecule has 0 saturated carbocycles. The molecule has 0 spiro atoms. The number of hydrogen-bond acceptors (Lipinski definition) is 2. The van der Waals surface area contributed by atoms with Crippen LogP contribution < -0.4 is 0 Å². The van der Waals surface area contributed by atoms with Crippen LogP contribution in [-0.2, 0) is 0 Å². The van der Waals surface area contributed by atoms with Crippen LogP contribution in [0.4, 0.5) is 0 Å². The lowest BCUT2D eigenvalue weighted by Crippen LogP contribution is -1.90. The predicted molar refractivity (Wildman–Crippen MR) is 90.4 cm³/mol. The first-order valence-electron chi connectivity index (χ1n) is 7.27. The summed E-state index contributed by atoms with van der Waals surface area (Å²) in [5.74, 6) is 0.756. The summed E-state index contributed by atoms with van der Waals surface area (Å²) >= 11 is 0. The fraction of sp³-hybridized carbons (Fsp3) is 0. The zero-order valence-corrected chi connectivity index (χ0v) is 12.0. The maximum absolute atomic E-state index is 4.39. The van der Waals surface area contributed by atoms with Crippen LogP contribution in [0.3, 0.4) is 0 Å². The van der Waals surface area contributed by atoms with Crippen LogP contribution in [0.15, 0.2) is 85.2 Å². The van der Waals surface area contributed by atoms with Gasteiger partial charge >= 0.3 is 0 Å². The summed E-state index contributed by atoms with van der Waals surface area (Å²) in [7, 11) is 0. The van der Waals surface area contributed by atoms with Gasteiger partial charge in [-0.3, -0.25) is 0 Å². The van der Waals surface area contributed by atoms with Crippen molar-refractivity contribution in [2.75, 3.05) is 0 Å². The molecule has 0 bridgehead atoms. The van der Waals surface area contributed by atoms with Gasteiger partial charge in [-0.2, -0.15) is 0 Å². The van der Waals surface area contributed by atoms with Gasteiger partial charge in [-0.1, -0.05) is 60.7 Å². The molecule has 22 heavy (non-hydrogen) atoms. The molecule has 3 aromatic carbocycles. The van der Waals surface area contributed by atoms with Gasteiger partial charge in [0.25, 0.3) is 0 Å². The molecule has 0 radical (unpaired) electrons. The molecule has 0 unspecified atom stereocenters. The Hall–Kier alpha value is -3.00. The second-order valence-corrected chi connectivity index (χ2v) is 5.18. The number of aromatic nitrogens is 2. The van der Waals surface area contributed by atoms with E-state index in [1.807, 2.05) is 12.1 Å². The summed E-state index contributed by atoms with van der Waals surface area (Å²) in [5.41, 5.74) is 3.39. The van der Waals surface area contributed by atoms with Gasteiger partial charge in [0, 0.05) is 18.0 Å². The highest BCUT2D eigenvalue weighted by atomic mass is 14.8. The molecule has 0 N–H and O–H groups in total. The highest BCUT2D eigenvalue weighted by Gasteiger charge is 2.09. The molecule has 4 rings (SSSR count). The summed E-state index contributed by atoms with van der Waals surface area (Å²) in [6, 6.07) is 25.0. The second-order valence-electron chi connectivity index (χ2n) is 5.18. The summed E-state index contributed by atoms with van der Waals surface area (Å²) < 4.78 is 0. The molecule has 0 atom stereocenters. The Balaban J connectivity index is 1.92. The number of rotatable bonds is 2. The van der Waals surface area contributed by atoms with Crippen LogP contribution in [-0.4, -0.2) is 9.97 Å². The van der Waals surface area contributed by atoms with Crippen molar-refractivity contribution >= 4 is 10.8 Å². The normalized spacial score (nSPS) is 10.7. The molecule has 0 aliphatic carbocycles. The Morgan fingerprint density at radius 1 is 0.545 bits per heavy atom. The van der Waals surface area contributed by atoms with Crippen molar-refractivity contribution in [1.82, 2.24) is 9.97 Å². The van der Waals surface area contributed by atoms with Gasteiger partial charge in [-0.05, 0) is 34.0 Å². The second kappa shape index (κ2) is 5.41. The zero-order valence-electron chi connectivity index (χ0n) is 12.0. The minimum absolute atomic E-state index is 0.756. The van der Waals surface area contributed by atoms with E-state index in [4.69, 9.17) is 0 Å². The van der Waals surface area contributed by atoms with E-state index < -0.39 is 0 Å². The molecule has 104 valence electrons. The lowest BCUT2D eigenvalue weighted by molar-refractivity contribution is 1.18. The molecular formula is C20H14N2. The van der Waals surface area contributed by atoms with E-state index in [-0.39, 0.29) is 0 Å². The average molecular weight is 282 g/mol. The largest absolute Gasteiger partial charge is 0.237 e. The molecular weight excluding hydrogens is 268 g/mol. The van der Waals surface area contributed by atoms with Crippen molar-refractivity contribution in [2.24, 2.45) is 0 Å². The monoisotopic (exact) mass is 282 g/mol. The SMILES string of the molecule is c1cnc(-c2ccccc2-c2ccc3ccccc3c2)nc1. The van der Waals surface area contributed by atoms with E-state index in [1.165, 1.54) is 16.3 Å². The summed E-state index contributed by atoms with van der Waals surface area (Å²) in [4.78, 5) is 8.77. The molecule has 1 aromatic heterocycles. The molecule has 0 aliphatic heterocycles. The van der Waals surface area contributed by atoms with E-state index in [2.05, 4.69) is 70.6 Å². The minimum Gasteiger partial charge on any atom is -0.237 e. The van der Waals surface area contributed by atoms with Crippen molar-refractivity contribution in [3.8, 4) is 22.5 Å². The Morgan fingerprint density at radius 3 is 2.05 bits per heavy atom. The highest BCUT2D eigenvalue weighted by Crippen LogP contribution is 2.31. The van der Waals surface area contributed by atoms with Gasteiger partial charge in [0.1, 0.15) is 0 Å². The first-order valence-corrected chi connectivity index (χ1v) is 7.27. The third-order valence-electron chi connectivity index (χ3n) is 3.79. The van der Waals surface area contributed by atoms with E-state index >= 15 is 0 Å². The topological polar surface area (TPSA) is 25.8 Å². The molecule has 2 heteroatoms. The van der Waals surface area contributed by atoms with Crippen molar-refractivity contribution in [1.29, 1.82) is 0 Å². The maximum Gasteiger partial charge on any atom is 0.159 e. The number of benzene rings is 3. The molecule has 4 aromatic rings. The molecule has 1 heterocycles. The third kappa shape index (κ3) is 2.25. The van der Waals surface area contributed by atoms with Gasteiger partial charge in [0.05, 0.1) is 0 Å². The average Bonchev–Trinajstić information content (AvgIpc) is 2.62. The van der Waals surface area contributed by atoms with Crippen LogP contribution in [0.1, 0.15) is 0 Å². The summed E-state index contributed by atoms with van der Waals surface area (Å²) in [6.45, 7) is 0. The van der Waals surface area contributed by atoms with Crippen LogP contribution in [0.5, 0.6) is 0 Å². The van der Waals surface area contributed by atoms with Crippen molar-refractivity contribution in [3.63, 3.8) is 0 Å².